The molecule has 2 unspecified atom stereocenters. The highest BCUT2D eigenvalue weighted by atomic mass is 31.2. The number of quaternary nitrogens is 1. The van der Waals surface area contributed by atoms with Crippen molar-refractivity contribution >= 4 is 19.8 Å². The molecule has 0 aromatic rings. The third-order valence-electron chi connectivity index (χ3n) is 22.5. The first-order valence-electron chi connectivity index (χ1n) is 48.1. The van der Waals surface area contributed by atoms with Crippen LogP contribution in [0.2, 0.25) is 0 Å². The molecule has 630 valence electrons. The van der Waals surface area contributed by atoms with Gasteiger partial charge in [-0.05, 0) is 44.9 Å². The van der Waals surface area contributed by atoms with Crippen LogP contribution in [0.4, 0.5) is 0 Å². The lowest BCUT2D eigenvalue weighted by Gasteiger charge is -2.24. The summed E-state index contributed by atoms with van der Waals surface area (Å²) in [4.78, 5) is 36.1. The highest BCUT2D eigenvalue weighted by molar-refractivity contribution is 7.47. The van der Waals surface area contributed by atoms with Crippen molar-refractivity contribution < 1.29 is 42.1 Å². The van der Waals surface area contributed by atoms with Crippen LogP contribution in [0.1, 0.15) is 528 Å². The highest BCUT2D eigenvalue weighted by Crippen LogP contribution is 2.43. The van der Waals surface area contributed by atoms with Gasteiger partial charge in [-0.15, -0.1) is 0 Å². The van der Waals surface area contributed by atoms with E-state index in [9.17, 15) is 19.0 Å². The van der Waals surface area contributed by atoms with E-state index < -0.39 is 26.5 Å². The first-order valence-corrected chi connectivity index (χ1v) is 49.6. The van der Waals surface area contributed by atoms with Gasteiger partial charge in [-0.3, -0.25) is 18.6 Å². The van der Waals surface area contributed by atoms with Crippen molar-refractivity contribution in [3.63, 3.8) is 0 Å². The summed E-state index contributed by atoms with van der Waals surface area (Å²) in [6.45, 7) is 4.53. The van der Waals surface area contributed by atoms with E-state index >= 15 is 0 Å². The van der Waals surface area contributed by atoms with Crippen LogP contribution < -0.4 is 0 Å². The Hall–Kier alpha value is -1.51. The number of phosphoric ester groups is 1. The molecule has 0 heterocycles. The zero-order valence-electron chi connectivity index (χ0n) is 72.5. The second-order valence-electron chi connectivity index (χ2n) is 34.5. The van der Waals surface area contributed by atoms with Crippen molar-refractivity contribution in [3.8, 4) is 0 Å². The summed E-state index contributed by atoms with van der Waals surface area (Å²) in [5.74, 6) is -0.763. The SMILES string of the molecule is CCCCCCC/C=C\C/C=C\CCCCCCCCCCCCCCCCCCCCCCCCCCCCCCCC(=O)OC(COC(=O)CCCCCCCCCCCCCCCCCCCCCCCCCCCCCCCCCCCCCCCCCCC)COP(=O)(O)OCC[N+](C)(C)C. The van der Waals surface area contributed by atoms with E-state index in [1.807, 2.05) is 21.1 Å². The van der Waals surface area contributed by atoms with Gasteiger partial charge in [0.25, 0.3) is 0 Å². The molecule has 0 radical (unpaired) electrons. The number of hydrogen-bond acceptors (Lipinski definition) is 7. The topological polar surface area (TPSA) is 108 Å². The molecule has 0 aromatic heterocycles. The molecule has 0 saturated carbocycles. The second-order valence-corrected chi connectivity index (χ2v) is 35.9. The predicted molar refractivity (Wildman–Crippen MR) is 464 cm³/mol. The van der Waals surface area contributed by atoms with Gasteiger partial charge in [-0.1, -0.05) is 494 Å². The standard InChI is InChI=1S/C96H188NO8P/c1-6-8-10-12-14-16-18-20-22-24-26-28-30-32-34-36-38-40-42-44-46-48-50-52-54-56-58-60-62-64-66-68-70-72-74-76-78-80-82-84-86-88-95(98)102-92-94(93-104-106(100,101)103-91-90-97(3,4)5)105-96(99)89-87-85-83-81-79-77-75-73-71-69-67-65-63-61-59-57-55-53-51-49-47-45-43-41-39-37-35-33-31-29-27-25-23-21-19-17-15-13-11-9-7-2/h19,21,25,27,94H,6-18,20,22-24,26,28-93H2,1-5H3/p+1/b21-19-,27-25-. The predicted octanol–water partition coefficient (Wildman–Crippen LogP) is 32.6. The molecule has 0 saturated heterocycles. The van der Waals surface area contributed by atoms with Crippen LogP contribution >= 0.6 is 7.82 Å². The van der Waals surface area contributed by atoms with E-state index in [4.69, 9.17) is 18.5 Å². The lowest BCUT2D eigenvalue weighted by atomic mass is 10.0. The average Bonchev–Trinajstić information content (AvgIpc) is 0.908. The van der Waals surface area contributed by atoms with Crippen molar-refractivity contribution in [3.05, 3.63) is 24.3 Å². The summed E-state index contributed by atoms with van der Waals surface area (Å²) in [5.41, 5.74) is 0. The van der Waals surface area contributed by atoms with E-state index in [1.165, 1.54) is 456 Å². The lowest BCUT2D eigenvalue weighted by molar-refractivity contribution is -0.870. The molecule has 0 aliphatic carbocycles. The van der Waals surface area contributed by atoms with Gasteiger partial charge < -0.3 is 18.9 Å². The average molecular weight is 1520 g/mol. The number of phosphoric acid groups is 1. The third-order valence-corrected chi connectivity index (χ3v) is 23.5. The van der Waals surface area contributed by atoms with Crippen LogP contribution in [-0.4, -0.2) is 74.9 Å². The number of ether oxygens (including phenoxy) is 2. The number of carbonyl (C=O) groups is 2. The Kier molecular flexibility index (Phi) is 86.2. The zero-order chi connectivity index (χ0) is 76.8. The van der Waals surface area contributed by atoms with Crippen molar-refractivity contribution in [2.45, 2.75) is 534 Å². The van der Waals surface area contributed by atoms with E-state index in [0.717, 1.165) is 44.9 Å². The van der Waals surface area contributed by atoms with Gasteiger partial charge in [0.15, 0.2) is 6.10 Å². The summed E-state index contributed by atoms with van der Waals surface area (Å²) in [7, 11) is 1.51. The van der Waals surface area contributed by atoms with Crippen molar-refractivity contribution in [1.29, 1.82) is 0 Å². The van der Waals surface area contributed by atoms with E-state index in [0.29, 0.717) is 17.4 Å². The molecule has 0 aliphatic heterocycles. The molecule has 1 N–H and O–H groups in total. The third kappa shape index (κ3) is 91.4. The highest BCUT2D eigenvalue weighted by Gasteiger charge is 2.27. The molecular formula is C96H189NO8P+. The zero-order valence-corrected chi connectivity index (χ0v) is 73.4. The summed E-state index contributed by atoms with van der Waals surface area (Å²) in [6.07, 6.45) is 116. The Balaban J connectivity index is 3.79. The Labute approximate surface area is 663 Å². The molecule has 0 fully saturated rings. The number of nitrogens with zero attached hydrogens (tertiary/aromatic N) is 1. The van der Waals surface area contributed by atoms with Crippen molar-refractivity contribution in [2.75, 3.05) is 47.5 Å². The van der Waals surface area contributed by atoms with Crippen LogP contribution in [0.15, 0.2) is 24.3 Å². The number of likely N-dealkylation sites (N-methyl/N-ethyl adjacent to an activating group) is 1. The van der Waals surface area contributed by atoms with Crippen LogP contribution in [0.5, 0.6) is 0 Å². The van der Waals surface area contributed by atoms with Crippen LogP contribution in [0.25, 0.3) is 0 Å². The Morgan fingerprint density at radius 1 is 0.292 bits per heavy atom. The number of allylic oxidation sites excluding steroid dienone is 4. The Bertz CT molecular complexity index is 1830. The summed E-state index contributed by atoms with van der Waals surface area (Å²) < 4.78 is 34.9. The molecule has 0 aromatic carbocycles. The van der Waals surface area contributed by atoms with Crippen LogP contribution in [0, 0.1) is 0 Å². The number of hydrogen-bond donors (Lipinski definition) is 1. The van der Waals surface area contributed by atoms with Gasteiger partial charge >= 0.3 is 19.8 Å². The number of esters is 2. The minimum Gasteiger partial charge on any atom is -0.462 e. The monoisotopic (exact) mass is 1520 g/mol. The van der Waals surface area contributed by atoms with Gasteiger partial charge in [0, 0.05) is 12.8 Å². The van der Waals surface area contributed by atoms with Crippen molar-refractivity contribution in [2.24, 2.45) is 0 Å². The van der Waals surface area contributed by atoms with Crippen LogP contribution in [0.3, 0.4) is 0 Å². The number of rotatable bonds is 92. The molecule has 0 rings (SSSR count). The number of unbranched alkanes of at least 4 members (excludes halogenated alkanes) is 74. The van der Waals surface area contributed by atoms with Crippen molar-refractivity contribution in [1.82, 2.24) is 0 Å². The second kappa shape index (κ2) is 87.5. The summed E-state index contributed by atoms with van der Waals surface area (Å²) in [6, 6.07) is 0. The first-order chi connectivity index (χ1) is 52.0. The fraction of sp³-hybridized carbons (Fsp3) is 0.938. The molecule has 0 aliphatic rings. The molecule has 2 atom stereocenters. The maximum atomic E-state index is 13.0. The van der Waals surface area contributed by atoms with Gasteiger partial charge in [0.05, 0.1) is 27.7 Å². The normalized spacial score (nSPS) is 12.9. The maximum absolute atomic E-state index is 13.0. The Morgan fingerprint density at radius 3 is 0.745 bits per heavy atom. The molecule has 0 bridgehead atoms. The fourth-order valence-electron chi connectivity index (χ4n) is 15.2. The molecule has 0 spiro atoms. The molecular weight excluding hydrogens is 1330 g/mol. The molecule has 9 nitrogen and oxygen atoms in total. The minimum atomic E-state index is -4.39. The maximum Gasteiger partial charge on any atom is 0.472 e. The largest absolute Gasteiger partial charge is 0.472 e. The Morgan fingerprint density at radius 2 is 0.509 bits per heavy atom. The lowest BCUT2D eigenvalue weighted by Crippen LogP contribution is -2.37. The van der Waals surface area contributed by atoms with E-state index in [2.05, 4.69) is 38.2 Å². The van der Waals surface area contributed by atoms with Gasteiger partial charge in [-0.25, -0.2) is 4.57 Å². The van der Waals surface area contributed by atoms with Gasteiger partial charge in [0.1, 0.15) is 19.8 Å². The fourth-order valence-corrected chi connectivity index (χ4v) is 15.9. The molecule has 10 heteroatoms. The minimum absolute atomic E-state index is 0.0369. The summed E-state index contributed by atoms with van der Waals surface area (Å²) in [5, 5.41) is 0. The summed E-state index contributed by atoms with van der Waals surface area (Å²) >= 11 is 0. The van der Waals surface area contributed by atoms with E-state index in [1.54, 1.807) is 0 Å². The smallest absolute Gasteiger partial charge is 0.462 e. The van der Waals surface area contributed by atoms with Gasteiger partial charge in [-0.2, -0.15) is 0 Å². The van der Waals surface area contributed by atoms with Crippen LogP contribution in [-0.2, 0) is 32.7 Å². The van der Waals surface area contributed by atoms with E-state index in [-0.39, 0.29) is 25.6 Å². The quantitative estimate of drug-likeness (QED) is 0.0211. The molecule has 0 amide bonds. The first kappa shape index (κ1) is 104. The number of carbonyl (C=O) groups excluding carboxylic acids is 2. The van der Waals surface area contributed by atoms with Gasteiger partial charge in [0.2, 0.25) is 0 Å². The molecule has 106 heavy (non-hydrogen) atoms.